The summed E-state index contributed by atoms with van der Waals surface area (Å²) in [4.78, 5) is 12.2. The average Bonchev–Trinajstić information content (AvgIpc) is 2.68. The first-order chi connectivity index (χ1) is 12.7. The van der Waals surface area contributed by atoms with Gasteiger partial charge in [-0.3, -0.25) is 0 Å². The van der Waals surface area contributed by atoms with Crippen molar-refractivity contribution in [3.05, 3.63) is 72.3 Å². The van der Waals surface area contributed by atoms with E-state index in [-0.39, 0.29) is 5.97 Å². The molecule has 0 saturated carbocycles. The van der Waals surface area contributed by atoms with E-state index in [0.717, 1.165) is 44.3 Å². The van der Waals surface area contributed by atoms with Crippen LogP contribution >= 0.6 is 0 Å². The molecule has 0 aromatic heterocycles. The molecule has 0 aliphatic carbocycles. The molecule has 26 heavy (non-hydrogen) atoms. The summed E-state index contributed by atoms with van der Waals surface area (Å²) in [5.41, 5.74) is 1.78. The van der Waals surface area contributed by atoms with E-state index in [1.807, 2.05) is 42.5 Å². The highest BCUT2D eigenvalue weighted by atomic mass is 16.5. The van der Waals surface area contributed by atoms with Crippen LogP contribution in [0.3, 0.4) is 0 Å². The summed E-state index contributed by atoms with van der Waals surface area (Å²) in [5.74, 6) is 1.09. The van der Waals surface area contributed by atoms with Crippen LogP contribution in [-0.2, 0) is 11.2 Å². The molecule has 0 heterocycles. The van der Waals surface area contributed by atoms with E-state index in [9.17, 15) is 4.79 Å². The van der Waals surface area contributed by atoms with E-state index in [4.69, 9.17) is 9.47 Å². The van der Waals surface area contributed by atoms with E-state index >= 15 is 0 Å². The number of carbonyl (C=O) groups is 1. The molecule has 0 aliphatic rings. The summed E-state index contributed by atoms with van der Waals surface area (Å²) in [6.07, 6.45) is 8.23. The minimum Gasteiger partial charge on any atom is -0.462 e. The second-order valence-corrected chi connectivity index (χ2v) is 6.25. The summed E-state index contributed by atoms with van der Waals surface area (Å²) < 4.78 is 11.2. The molecule has 0 saturated heterocycles. The maximum Gasteiger partial charge on any atom is 0.338 e. The molecule has 3 heteroatoms. The maximum atomic E-state index is 12.2. The molecule has 0 unspecified atom stereocenters. The molecule has 0 aliphatic heterocycles. The Kier molecular flexibility index (Phi) is 8.47. The van der Waals surface area contributed by atoms with Crippen molar-refractivity contribution in [3.8, 4) is 11.5 Å². The van der Waals surface area contributed by atoms with Crippen molar-refractivity contribution >= 4 is 5.97 Å². The molecule has 0 bridgehead atoms. The molecule has 0 radical (unpaired) electrons. The zero-order chi connectivity index (χ0) is 18.6. The molecular weight excluding hydrogens is 324 g/mol. The molecule has 0 fully saturated rings. The largest absolute Gasteiger partial charge is 0.462 e. The van der Waals surface area contributed by atoms with Gasteiger partial charge in [-0.1, -0.05) is 44.0 Å². The quantitative estimate of drug-likeness (QED) is 0.269. The topological polar surface area (TPSA) is 35.5 Å². The monoisotopic (exact) mass is 352 g/mol. The molecule has 2 aromatic carbocycles. The fourth-order valence-corrected chi connectivity index (χ4v) is 2.61. The van der Waals surface area contributed by atoms with Gasteiger partial charge in [0.1, 0.15) is 11.5 Å². The second kappa shape index (κ2) is 11.1. The number of esters is 1. The molecule has 0 amide bonds. The Morgan fingerprint density at radius 1 is 1.00 bits per heavy atom. The van der Waals surface area contributed by atoms with Gasteiger partial charge < -0.3 is 9.47 Å². The first-order valence-electron chi connectivity index (χ1n) is 9.38. The van der Waals surface area contributed by atoms with Gasteiger partial charge in [0.25, 0.3) is 0 Å². The summed E-state index contributed by atoms with van der Waals surface area (Å²) in [6, 6.07) is 15.1. The Hall–Kier alpha value is -2.55. The van der Waals surface area contributed by atoms with Gasteiger partial charge in [0.05, 0.1) is 12.2 Å². The van der Waals surface area contributed by atoms with E-state index in [2.05, 4.69) is 13.5 Å². The highest BCUT2D eigenvalue weighted by molar-refractivity contribution is 5.89. The Labute approximate surface area is 156 Å². The number of hydrogen-bond donors (Lipinski definition) is 0. The normalized spacial score (nSPS) is 10.3. The number of unbranched alkanes of at least 4 members (excludes halogenated alkanes) is 4. The van der Waals surface area contributed by atoms with Gasteiger partial charge in [0.2, 0.25) is 0 Å². The number of aryl methyl sites for hydroxylation is 1. The average molecular weight is 352 g/mol. The third kappa shape index (κ3) is 6.75. The van der Waals surface area contributed by atoms with Crippen molar-refractivity contribution in [1.29, 1.82) is 0 Å². The van der Waals surface area contributed by atoms with Crippen molar-refractivity contribution in [1.82, 2.24) is 0 Å². The smallest absolute Gasteiger partial charge is 0.338 e. The van der Waals surface area contributed by atoms with Crippen molar-refractivity contribution in [2.75, 3.05) is 6.61 Å². The van der Waals surface area contributed by atoms with E-state index in [1.54, 1.807) is 12.1 Å². The van der Waals surface area contributed by atoms with Crippen LogP contribution in [0.4, 0.5) is 0 Å². The van der Waals surface area contributed by atoms with E-state index in [1.165, 1.54) is 5.56 Å². The molecule has 138 valence electrons. The van der Waals surface area contributed by atoms with Crippen LogP contribution in [0, 0.1) is 0 Å². The highest BCUT2D eigenvalue weighted by Crippen LogP contribution is 2.23. The van der Waals surface area contributed by atoms with Gasteiger partial charge in [-0.15, -0.1) is 6.58 Å². The number of benzene rings is 2. The Balaban J connectivity index is 1.81. The summed E-state index contributed by atoms with van der Waals surface area (Å²) in [7, 11) is 0. The molecule has 2 rings (SSSR count). The third-order valence-corrected chi connectivity index (χ3v) is 4.17. The van der Waals surface area contributed by atoms with E-state index < -0.39 is 0 Å². The van der Waals surface area contributed by atoms with Gasteiger partial charge in [-0.2, -0.15) is 0 Å². The van der Waals surface area contributed by atoms with Crippen LogP contribution in [-0.4, -0.2) is 12.6 Å². The van der Waals surface area contributed by atoms with Gasteiger partial charge in [-0.05, 0) is 61.6 Å². The Morgan fingerprint density at radius 3 is 2.50 bits per heavy atom. The highest BCUT2D eigenvalue weighted by Gasteiger charge is 2.08. The number of ether oxygens (including phenoxy) is 2. The van der Waals surface area contributed by atoms with E-state index in [0.29, 0.717) is 17.9 Å². The predicted molar refractivity (Wildman–Crippen MR) is 106 cm³/mol. The minimum absolute atomic E-state index is 0.303. The number of rotatable bonds is 11. The third-order valence-electron chi connectivity index (χ3n) is 4.17. The SMILES string of the molecule is C=CCCCCCCOC(=O)c1cccc(Oc2ccc(CC)cc2)c1. The predicted octanol–water partition coefficient (Wildman–Crippen LogP) is 6.33. The zero-order valence-electron chi connectivity index (χ0n) is 15.6. The first kappa shape index (κ1) is 19.8. The maximum absolute atomic E-state index is 12.2. The lowest BCUT2D eigenvalue weighted by Gasteiger charge is -2.09. The molecule has 0 atom stereocenters. The molecule has 2 aromatic rings. The van der Waals surface area contributed by atoms with Crippen molar-refractivity contribution < 1.29 is 14.3 Å². The summed E-state index contributed by atoms with van der Waals surface area (Å²) in [5, 5.41) is 0. The molecule has 0 spiro atoms. The Morgan fingerprint density at radius 2 is 1.77 bits per heavy atom. The van der Waals surface area contributed by atoms with Gasteiger partial charge in [0.15, 0.2) is 0 Å². The Bertz CT molecular complexity index is 689. The number of allylic oxidation sites excluding steroid dienone is 1. The minimum atomic E-state index is -0.303. The standard InChI is InChI=1S/C23H28O3/c1-3-5-6-7-8-9-17-25-23(24)20-11-10-12-22(18-20)26-21-15-13-19(4-2)14-16-21/h3,10-16,18H,1,4-9,17H2,2H3. The fourth-order valence-electron chi connectivity index (χ4n) is 2.61. The van der Waals surface area contributed by atoms with Crippen LogP contribution in [0.1, 0.15) is 54.9 Å². The lowest BCUT2D eigenvalue weighted by molar-refractivity contribution is 0.0497. The van der Waals surface area contributed by atoms with Crippen molar-refractivity contribution in [2.45, 2.75) is 45.4 Å². The van der Waals surface area contributed by atoms with Crippen LogP contribution < -0.4 is 4.74 Å². The summed E-state index contributed by atoms with van der Waals surface area (Å²) in [6.45, 7) is 6.29. The van der Waals surface area contributed by atoms with Crippen LogP contribution in [0.5, 0.6) is 11.5 Å². The molecule has 3 nitrogen and oxygen atoms in total. The zero-order valence-corrected chi connectivity index (χ0v) is 15.6. The van der Waals surface area contributed by atoms with Gasteiger partial charge >= 0.3 is 5.97 Å². The molecular formula is C23H28O3. The lowest BCUT2D eigenvalue weighted by Crippen LogP contribution is -2.06. The van der Waals surface area contributed by atoms with Crippen molar-refractivity contribution in [3.63, 3.8) is 0 Å². The first-order valence-corrected chi connectivity index (χ1v) is 9.38. The fraction of sp³-hybridized carbons (Fsp3) is 0.348. The van der Waals surface area contributed by atoms with Crippen LogP contribution in [0.2, 0.25) is 0 Å². The van der Waals surface area contributed by atoms with Crippen molar-refractivity contribution in [2.24, 2.45) is 0 Å². The number of hydrogen-bond acceptors (Lipinski definition) is 3. The number of carbonyl (C=O) groups excluding carboxylic acids is 1. The summed E-state index contributed by atoms with van der Waals surface area (Å²) >= 11 is 0. The molecule has 0 N–H and O–H groups in total. The van der Waals surface area contributed by atoms with Crippen LogP contribution in [0.25, 0.3) is 0 Å². The van der Waals surface area contributed by atoms with Gasteiger partial charge in [0, 0.05) is 0 Å². The second-order valence-electron chi connectivity index (χ2n) is 6.25. The van der Waals surface area contributed by atoms with Gasteiger partial charge in [-0.25, -0.2) is 4.79 Å². The van der Waals surface area contributed by atoms with Crippen LogP contribution in [0.15, 0.2) is 61.2 Å². The lowest BCUT2D eigenvalue weighted by atomic mass is 10.1.